The molecule has 128 valence electrons. The maximum absolute atomic E-state index is 12.3. The van der Waals surface area contributed by atoms with Crippen LogP contribution in [0.5, 0.6) is 0 Å². The lowest BCUT2D eigenvalue weighted by Crippen LogP contribution is -2.39. The van der Waals surface area contributed by atoms with Gasteiger partial charge in [-0.05, 0) is 24.1 Å². The number of pyridine rings is 1. The van der Waals surface area contributed by atoms with Gasteiger partial charge < -0.3 is 5.11 Å². The maximum atomic E-state index is 12.3. The summed E-state index contributed by atoms with van der Waals surface area (Å²) in [6.07, 6.45) is 2.99. The number of rotatable bonds is 6. The van der Waals surface area contributed by atoms with Crippen LogP contribution in [0.15, 0.2) is 59.8 Å². The molecule has 0 spiro atoms. The number of β-amino-alcohol motifs (C(OH)–C–C–N with tert-alkyl or cyclic N) is 1. The summed E-state index contributed by atoms with van der Waals surface area (Å²) in [5.41, 5.74) is 1.15. The van der Waals surface area contributed by atoms with Gasteiger partial charge in [-0.2, -0.15) is 0 Å². The fourth-order valence-electron chi connectivity index (χ4n) is 2.98. The Morgan fingerprint density at radius 3 is 2.71 bits per heavy atom. The first-order chi connectivity index (χ1) is 11.5. The van der Waals surface area contributed by atoms with E-state index in [1.54, 1.807) is 6.07 Å². The zero-order chi connectivity index (χ0) is 17.0. The predicted octanol–water partition coefficient (Wildman–Crippen LogP) is 0.995. The van der Waals surface area contributed by atoms with E-state index in [9.17, 15) is 13.5 Å². The van der Waals surface area contributed by atoms with Crippen LogP contribution in [0.2, 0.25) is 0 Å². The van der Waals surface area contributed by atoms with Crippen molar-refractivity contribution in [3.63, 3.8) is 0 Å². The van der Waals surface area contributed by atoms with Crippen molar-refractivity contribution >= 4 is 10.0 Å². The minimum absolute atomic E-state index is 0.0355. The van der Waals surface area contributed by atoms with Gasteiger partial charge in [0.2, 0.25) is 10.0 Å². The highest BCUT2D eigenvalue weighted by atomic mass is 32.2. The molecule has 0 unspecified atom stereocenters. The van der Waals surface area contributed by atoms with Gasteiger partial charge in [-0.15, -0.1) is 0 Å². The smallest absolute Gasteiger partial charge is 0.242 e. The molecular weight excluding hydrogens is 326 g/mol. The summed E-state index contributed by atoms with van der Waals surface area (Å²) < 4.78 is 27.2. The Morgan fingerprint density at radius 1 is 1.21 bits per heavy atom. The summed E-state index contributed by atoms with van der Waals surface area (Å²) in [7, 11) is -3.58. The van der Waals surface area contributed by atoms with Crippen molar-refractivity contribution in [2.75, 3.05) is 13.1 Å². The molecule has 1 aromatic carbocycles. The number of likely N-dealkylation sites (tertiary alicyclic amines) is 1. The molecule has 1 aliphatic rings. The lowest BCUT2D eigenvalue weighted by molar-refractivity contribution is 0.172. The fourth-order valence-corrected chi connectivity index (χ4v) is 4.01. The van der Waals surface area contributed by atoms with E-state index < -0.39 is 16.1 Å². The van der Waals surface area contributed by atoms with Crippen LogP contribution >= 0.6 is 0 Å². The largest absolute Gasteiger partial charge is 0.392 e. The Hall–Kier alpha value is -1.80. The highest BCUT2D eigenvalue weighted by Gasteiger charge is 2.31. The van der Waals surface area contributed by atoms with Gasteiger partial charge in [-0.25, -0.2) is 13.1 Å². The summed E-state index contributed by atoms with van der Waals surface area (Å²) >= 11 is 0. The number of hydrogen-bond donors (Lipinski definition) is 2. The van der Waals surface area contributed by atoms with Crippen LogP contribution in [-0.2, 0) is 16.6 Å². The first kappa shape index (κ1) is 17.0. The Balaban J connectivity index is 1.65. The minimum atomic E-state index is -3.58. The lowest BCUT2D eigenvalue weighted by Gasteiger charge is -2.24. The lowest BCUT2D eigenvalue weighted by atomic mass is 10.2. The molecule has 1 fully saturated rings. The zero-order valence-electron chi connectivity index (χ0n) is 13.2. The van der Waals surface area contributed by atoms with Gasteiger partial charge in [-0.3, -0.25) is 9.88 Å². The van der Waals surface area contributed by atoms with E-state index in [-0.39, 0.29) is 17.5 Å². The van der Waals surface area contributed by atoms with Crippen LogP contribution < -0.4 is 4.72 Å². The molecule has 0 saturated carbocycles. The van der Waals surface area contributed by atoms with E-state index >= 15 is 0 Å². The number of aliphatic hydroxyl groups excluding tert-OH is 1. The molecule has 7 heteroatoms. The minimum Gasteiger partial charge on any atom is -0.392 e. The van der Waals surface area contributed by atoms with Crippen molar-refractivity contribution in [2.45, 2.75) is 30.0 Å². The second kappa shape index (κ2) is 7.40. The van der Waals surface area contributed by atoms with Crippen LogP contribution in [-0.4, -0.2) is 48.6 Å². The maximum Gasteiger partial charge on any atom is 0.242 e. The Kier molecular flexibility index (Phi) is 5.25. The quantitative estimate of drug-likeness (QED) is 0.814. The average Bonchev–Trinajstić information content (AvgIpc) is 2.94. The molecule has 0 amide bonds. The summed E-state index contributed by atoms with van der Waals surface area (Å²) in [4.78, 5) is 6.11. The number of hydrogen-bond acceptors (Lipinski definition) is 5. The number of nitrogens with zero attached hydrogens (tertiary/aromatic N) is 2. The van der Waals surface area contributed by atoms with Crippen molar-refractivity contribution in [1.82, 2.24) is 14.6 Å². The molecule has 24 heavy (non-hydrogen) atoms. The summed E-state index contributed by atoms with van der Waals surface area (Å²) in [6, 6.07) is 13.0. The molecule has 0 radical (unpaired) electrons. The molecule has 0 bridgehead atoms. The van der Waals surface area contributed by atoms with Gasteiger partial charge in [0.05, 0.1) is 6.10 Å². The van der Waals surface area contributed by atoms with Gasteiger partial charge in [0, 0.05) is 38.1 Å². The molecule has 1 aromatic heterocycles. The fraction of sp³-hybridized carbons (Fsp3) is 0.353. The first-order valence-electron chi connectivity index (χ1n) is 7.90. The number of benzene rings is 1. The van der Waals surface area contributed by atoms with Gasteiger partial charge in [0.25, 0.3) is 0 Å². The summed E-state index contributed by atoms with van der Waals surface area (Å²) in [5, 5.41) is 9.97. The van der Waals surface area contributed by atoms with Crippen molar-refractivity contribution in [3.05, 3.63) is 60.4 Å². The SMILES string of the molecule is O=S(=O)(NC[C@H]1C[C@@H](O)CN1Cc1ccccc1)c1cccnc1. The molecular formula is C17H21N3O3S. The van der Waals surface area contributed by atoms with E-state index in [1.807, 2.05) is 30.3 Å². The zero-order valence-corrected chi connectivity index (χ0v) is 14.1. The highest BCUT2D eigenvalue weighted by molar-refractivity contribution is 7.89. The Morgan fingerprint density at radius 2 is 2.00 bits per heavy atom. The van der Waals surface area contributed by atoms with E-state index in [1.165, 1.54) is 18.5 Å². The Labute approximate surface area is 142 Å². The van der Waals surface area contributed by atoms with Gasteiger partial charge in [-0.1, -0.05) is 30.3 Å². The van der Waals surface area contributed by atoms with Crippen LogP contribution in [0.25, 0.3) is 0 Å². The van der Waals surface area contributed by atoms with Crippen LogP contribution in [0.3, 0.4) is 0 Å². The van der Waals surface area contributed by atoms with E-state index in [0.717, 1.165) is 5.56 Å². The first-order valence-corrected chi connectivity index (χ1v) is 9.38. The van der Waals surface area contributed by atoms with Crippen molar-refractivity contribution in [2.24, 2.45) is 0 Å². The third-order valence-corrected chi connectivity index (χ3v) is 5.60. The molecule has 2 aromatic rings. The molecule has 1 saturated heterocycles. The van der Waals surface area contributed by atoms with Gasteiger partial charge in [0.1, 0.15) is 4.90 Å². The van der Waals surface area contributed by atoms with Crippen molar-refractivity contribution in [1.29, 1.82) is 0 Å². The second-order valence-corrected chi connectivity index (χ2v) is 7.77. The topological polar surface area (TPSA) is 82.5 Å². The van der Waals surface area contributed by atoms with Crippen LogP contribution in [0.1, 0.15) is 12.0 Å². The second-order valence-electron chi connectivity index (χ2n) is 6.00. The van der Waals surface area contributed by atoms with Gasteiger partial charge >= 0.3 is 0 Å². The van der Waals surface area contributed by atoms with Crippen molar-refractivity contribution < 1.29 is 13.5 Å². The highest BCUT2D eigenvalue weighted by Crippen LogP contribution is 2.20. The monoisotopic (exact) mass is 347 g/mol. The molecule has 2 atom stereocenters. The molecule has 2 heterocycles. The van der Waals surface area contributed by atoms with Crippen molar-refractivity contribution in [3.8, 4) is 0 Å². The summed E-state index contributed by atoms with van der Waals surface area (Å²) in [5.74, 6) is 0. The normalized spacial score (nSPS) is 21.9. The number of nitrogens with one attached hydrogen (secondary N) is 1. The standard InChI is InChI=1S/C17H21N3O3S/c21-16-9-15(20(13-16)12-14-5-2-1-3-6-14)10-19-24(22,23)17-7-4-8-18-11-17/h1-8,11,15-16,19,21H,9-10,12-13H2/t15-,16-/m1/s1. The molecule has 3 rings (SSSR count). The number of aliphatic hydroxyl groups is 1. The van der Waals surface area contributed by atoms with Gasteiger partial charge in [0.15, 0.2) is 0 Å². The average molecular weight is 347 g/mol. The Bertz CT molecular complexity index is 753. The third kappa shape index (κ3) is 4.18. The number of aromatic nitrogens is 1. The van der Waals surface area contributed by atoms with E-state index in [4.69, 9.17) is 0 Å². The predicted molar refractivity (Wildman–Crippen MR) is 90.7 cm³/mol. The molecule has 1 aliphatic heterocycles. The van der Waals surface area contributed by atoms with E-state index in [2.05, 4.69) is 14.6 Å². The summed E-state index contributed by atoms with van der Waals surface area (Å²) in [6.45, 7) is 1.51. The van der Waals surface area contributed by atoms with Crippen LogP contribution in [0, 0.1) is 0 Å². The number of sulfonamides is 1. The van der Waals surface area contributed by atoms with Crippen LogP contribution in [0.4, 0.5) is 0 Å². The molecule has 0 aliphatic carbocycles. The molecule has 2 N–H and O–H groups in total. The van der Waals surface area contributed by atoms with E-state index in [0.29, 0.717) is 19.5 Å². The molecule has 6 nitrogen and oxygen atoms in total. The third-order valence-electron chi connectivity index (χ3n) is 4.19.